The van der Waals surface area contributed by atoms with Gasteiger partial charge in [0, 0.05) is 17.3 Å². The first-order valence-electron chi connectivity index (χ1n) is 9.79. The molecule has 0 radical (unpaired) electrons. The highest BCUT2D eigenvalue weighted by Gasteiger charge is 2.27. The summed E-state index contributed by atoms with van der Waals surface area (Å²) in [7, 11) is 1.40. The smallest absolute Gasteiger partial charge is 0.295 e. The molecule has 4 rings (SSSR count). The van der Waals surface area contributed by atoms with Crippen LogP contribution in [0.2, 0.25) is 5.15 Å². The highest BCUT2D eigenvalue weighted by atomic mass is 35.5. The Hall–Kier alpha value is -2.93. The van der Waals surface area contributed by atoms with Crippen molar-refractivity contribution in [2.45, 2.75) is 13.0 Å². The fourth-order valence-corrected chi connectivity index (χ4v) is 4.13. The summed E-state index contributed by atoms with van der Waals surface area (Å²) in [6.45, 7) is 3.36. The fraction of sp³-hybridized carbons (Fsp3) is 0.350. The normalized spacial score (nSPS) is 15.8. The van der Waals surface area contributed by atoms with Crippen LogP contribution in [0.15, 0.2) is 18.5 Å². The molecule has 0 aromatic carbocycles. The van der Waals surface area contributed by atoms with Crippen molar-refractivity contribution in [3.05, 3.63) is 40.7 Å². The molecule has 1 amide bonds. The third kappa shape index (κ3) is 5.19. The molecule has 0 spiro atoms. The summed E-state index contributed by atoms with van der Waals surface area (Å²) in [6, 6.07) is 1.42. The molecule has 1 aliphatic heterocycles. The molecule has 10 nitrogen and oxygen atoms in total. The maximum absolute atomic E-state index is 14.6. The molecule has 33 heavy (non-hydrogen) atoms. The van der Waals surface area contributed by atoms with E-state index in [0.29, 0.717) is 25.5 Å². The third-order valence-electron chi connectivity index (χ3n) is 4.66. The number of aromatic nitrogens is 4. The summed E-state index contributed by atoms with van der Waals surface area (Å²) < 4.78 is 36.4. The van der Waals surface area contributed by atoms with Crippen LogP contribution in [0.25, 0.3) is 11.1 Å². The van der Waals surface area contributed by atoms with Crippen molar-refractivity contribution in [3.63, 3.8) is 0 Å². The Bertz CT molecular complexity index is 1160. The number of ether oxygens (including phenoxy) is 4. The standard InChI is InChI=1S/C20H19ClFN5O5S/c1-10-16(29-2)14(12-3-4-23-7-13(12)22)15(17(21)24-10)18(28)25-19-26-27-20(33-19)32-9-11-8-30-5-6-31-11/h3-4,7,11H,5-6,8-9H2,1-2H3,(H,25,26,28)/t11-/m0/s1. The molecule has 174 valence electrons. The summed E-state index contributed by atoms with van der Waals surface area (Å²) in [4.78, 5) is 21.1. The van der Waals surface area contributed by atoms with Crippen LogP contribution in [0.3, 0.4) is 0 Å². The molecule has 0 saturated carbocycles. The first-order chi connectivity index (χ1) is 16.0. The molecule has 1 aliphatic rings. The van der Waals surface area contributed by atoms with E-state index in [0.717, 1.165) is 17.5 Å². The lowest BCUT2D eigenvalue weighted by atomic mass is 9.99. The Morgan fingerprint density at radius 3 is 2.97 bits per heavy atom. The lowest BCUT2D eigenvalue weighted by Gasteiger charge is -2.22. The molecule has 1 saturated heterocycles. The number of carbonyl (C=O) groups excluding carboxylic acids is 1. The van der Waals surface area contributed by atoms with Crippen LogP contribution < -0.4 is 14.8 Å². The number of nitrogens with zero attached hydrogens (tertiary/aromatic N) is 4. The number of hydrogen-bond acceptors (Lipinski definition) is 10. The molecule has 0 unspecified atom stereocenters. The van der Waals surface area contributed by atoms with Gasteiger partial charge in [0.15, 0.2) is 0 Å². The Kier molecular flexibility index (Phi) is 7.28. The first kappa shape index (κ1) is 23.2. The van der Waals surface area contributed by atoms with Crippen LogP contribution >= 0.6 is 22.9 Å². The minimum absolute atomic E-state index is 0.0744. The lowest BCUT2D eigenvalue weighted by molar-refractivity contribution is -0.101. The number of methoxy groups -OCH3 is 1. The van der Waals surface area contributed by atoms with Crippen molar-refractivity contribution in [1.29, 1.82) is 0 Å². The highest BCUT2D eigenvalue weighted by molar-refractivity contribution is 7.17. The van der Waals surface area contributed by atoms with Gasteiger partial charge in [-0.05, 0) is 24.3 Å². The number of anilines is 1. The van der Waals surface area contributed by atoms with E-state index in [9.17, 15) is 9.18 Å². The molecule has 0 bridgehead atoms. The molecular formula is C20H19ClFN5O5S. The minimum Gasteiger partial charge on any atom is -0.494 e. The third-order valence-corrected chi connectivity index (χ3v) is 5.68. The minimum atomic E-state index is -0.663. The predicted octanol–water partition coefficient (Wildman–Crippen LogP) is 3.15. The van der Waals surface area contributed by atoms with Gasteiger partial charge in [-0.2, -0.15) is 0 Å². The van der Waals surface area contributed by atoms with Crippen molar-refractivity contribution in [3.8, 4) is 22.1 Å². The van der Waals surface area contributed by atoms with E-state index < -0.39 is 11.7 Å². The molecule has 4 heterocycles. The fourth-order valence-electron chi connectivity index (χ4n) is 3.22. The molecule has 3 aromatic heterocycles. The number of nitrogens with one attached hydrogen (secondary N) is 1. The maximum Gasteiger partial charge on any atom is 0.295 e. The van der Waals surface area contributed by atoms with E-state index in [1.807, 2.05) is 0 Å². The van der Waals surface area contributed by atoms with E-state index in [1.165, 1.54) is 19.4 Å². The Morgan fingerprint density at radius 2 is 2.24 bits per heavy atom. The zero-order valence-electron chi connectivity index (χ0n) is 17.6. The van der Waals surface area contributed by atoms with Gasteiger partial charge in [-0.25, -0.2) is 9.37 Å². The van der Waals surface area contributed by atoms with E-state index in [1.54, 1.807) is 6.92 Å². The number of carbonyl (C=O) groups is 1. The van der Waals surface area contributed by atoms with E-state index in [4.69, 9.17) is 30.5 Å². The van der Waals surface area contributed by atoms with Crippen LogP contribution in [0, 0.1) is 12.7 Å². The molecular weight excluding hydrogens is 477 g/mol. The predicted molar refractivity (Wildman–Crippen MR) is 118 cm³/mol. The van der Waals surface area contributed by atoms with Crippen molar-refractivity contribution in [2.75, 3.05) is 38.9 Å². The van der Waals surface area contributed by atoms with Gasteiger partial charge in [0.1, 0.15) is 29.4 Å². The quantitative estimate of drug-likeness (QED) is 0.493. The van der Waals surface area contributed by atoms with Crippen LogP contribution in [0.4, 0.5) is 9.52 Å². The van der Waals surface area contributed by atoms with Gasteiger partial charge in [-0.15, -0.1) is 5.10 Å². The number of rotatable bonds is 7. The van der Waals surface area contributed by atoms with Gasteiger partial charge in [0.2, 0.25) is 5.13 Å². The van der Waals surface area contributed by atoms with Gasteiger partial charge in [-0.1, -0.05) is 16.7 Å². The molecule has 3 aromatic rings. The van der Waals surface area contributed by atoms with E-state index in [-0.39, 0.29) is 50.6 Å². The van der Waals surface area contributed by atoms with Crippen molar-refractivity contribution in [1.82, 2.24) is 20.2 Å². The second-order valence-corrected chi connectivity index (χ2v) is 8.13. The van der Waals surface area contributed by atoms with Gasteiger partial charge >= 0.3 is 0 Å². The average Bonchev–Trinajstić information content (AvgIpc) is 3.25. The summed E-state index contributed by atoms with van der Waals surface area (Å²) in [6.07, 6.45) is 2.23. The van der Waals surface area contributed by atoms with Crippen LogP contribution in [-0.2, 0) is 9.47 Å². The molecule has 0 aliphatic carbocycles. The first-order valence-corrected chi connectivity index (χ1v) is 11.0. The SMILES string of the molecule is COc1c(C)nc(Cl)c(C(=O)Nc2nnc(OC[C@@H]3COCCO3)s2)c1-c1ccncc1F. The average molecular weight is 496 g/mol. The zero-order chi connectivity index (χ0) is 23.4. The lowest BCUT2D eigenvalue weighted by Crippen LogP contribution is -2.33. The summed E-state index contributed by atoms with van der Waals surface area (Å²) in [5.41, 5.74) is 0.568. The summed E-state index contributed by atoms with van der Waals surface area (Å²) >= 11 is 7.34. The van der Waals surface area contributed by atoms with Crippen LogP contribution in [0.1, 0.15) is 16.1 Å². The Labute approximate surface area is 197 Å². The maximum atomic E-state index is 14.6. The molecule has 1 fully saturated rings. The number of amides is 1. The second-order valence-electron chi connectivity index (χ2n) is 6.83. The zero-order valence-corrected chi connectivity index (χ0v) is 19.2. The second kappa shape index (κ2) is 10.3. The van der Waals surface area contributed by atoms with Gasteiger partial charge in [0.05, 0.1) is 44.4 Å². The van der Waals surface area contributed by atoms with Crippen LogP contribution in [-0.4, -0.2) is 65.7 Å². The van der Waals surface area contributed by atoms with Gasteiger partial charge in [0.25, 0.3) is 11.1 Å². The topological polar surface area (TPSA) is 118 Å². The number of hydrogen-bond donors (Lipinski definition) is 1. The molecule has 13 heteroatoms. The monoisotopic (exact) mass is 495 g/mol. The van der Waals surface area contributed by atoms with Crippen molar-refractivity contribution >= 4 is 34.0 Å². The largest absolute Gasteiger partial charge is 0.494 e. The molecule has 1 N–H and O–H groups in total. The van der Waals surface area contributed by atoms with Crippen molar-refractivity contribution in [2.24, 2.45) is 0 Å². The summed E-state index contributed by atoms with van der Waals surface area (Å²) in [5, 5.41) is 10.7. The number of halogens is 2. The van der Waals surface area contributed by atoms with Gasteiger partial charge < -0.3 is 18.9 Å². The van der Waals surface area contributed by atoms with Crippen LogP contribution in [0.5, 0.6) is 10.9 Å². The highest BCUT2D eigenvalue weighted by Crippen LogP contribution is 2.40. The summed E-state index contributed by atoms with van der Waals surface area (Å²) in [5.74, 6) is -1.10. The Balaban J connectivity index is 1.59. The Morgan fingerprint density at radius 1 is 1.39 bits per heavy atom. The molecule has 1 atom stereocenters. The van der Waals surface area contributed by atoms with Gasteiger partial charge in [-0.3, -0.25) is 15.1 Å². The van der Waals surface area contributed by atoms with E-state index >= 15 is 0 Å². The number of aryl methyl sites for hydroxylation is 1. The number of pyridine rings is 2. The van der Waals surface area contributed by atoms with E-state index in [2.05, 4.69) is 25.5 Å². The van der Waals surface area contributed by atoms with Crippen molar-refractivity contribution < 1.29 is 28.1 Å².